The number of rotatable bonds is 0. The number of benzene rings is 1. The molecule has 1 aliphatic heterocycles. The number of nitrogens with two attached hydrogens (primary N) is 1. The van der Waals surface area contributed by atoms with Gasteiger partial charge < -0.3 is 25.1 Å². The van der Waals surface area contributed by atoms with Crippen LogP contribution in [0.4, 0.5) is 5.82 Å². The number of fused-ring (bicyclic) bond motifs is 3. The predicted molar refractivity (Wildman–Crippen MR) is 88.8 cm³/mol. The summed E-state index contributed by atoms with van der Waals surface area (Å²) in [5.74, 6) is 0.877. The van der Waals surface area contributed by atoms with Gasteiger partial charge in [0.05, 0.1) is 19.8 Å². The molecule has 4 rings (SSSR count). The van der Waals surface area contributed by atoms with Gasteiger partial charge in [-0.05, 0) is 17.7 Å². The molecule has 3 N–H and O–H groups in total. The number of ether oxygens (including phenoxy) is 3. The van der Waals surface area contributed by atoms with Gasteiger partial charge in [0.15, 0.2) is 17.0 Å². The van der Waals surface area contributed by atoms with Crippen LogP contribution >= 0.6 is 0 Å². The molecule has 2 aromatic heterocycles. The van der Waals surface area contributed by atoms with Crippen molar-refractivity contribution in [3.05, 3.63) is 29.8 Å². The Hall–Kier alpha value is -3.07. The predicted octanol–water partition coefficient (Wildman–Crippen LogP) is 0.950. The van der Waals surface area contributed by atoms with Crippen LogP contribution in [0.25, 0.3) is 11.2 Å². The summed E-state index contributed by atoms with van der Waals surface area (Å²) >= 11 is 0. The molecule has 9 heteroatoms. The fourth-order valence-electron chi connectivity index (χ4n) is 2.63. The maximum absolute atomic E-state index is 10.2. The normalized spacial score (nSPS) is 15.2. The minimum Gasteiger partial charge on any atom is -0.491 e. The summed E-state index contributed by atoms with van der Waals surface area (Å²) in [7, 11) is 0. The standard InChI is InChI=1S/C16H17N5O4/c17-13-12-14-20-15(19-13)25-7-5-23-4-6-24-11-3-1-2-10(8-11)9-21(14)16(22)18-12/h1-3,8H,4-7,9H2,(H,18,22)(H2,17,19,20). The lowest BCUT2D eigenvalue weighted by Crippen LogP contribution is -2.13. The van der Waals surface area contributed by atoms with Crippen LogP contribution in [0.2, 0.25) is 0 Å². The van der Waals surface area contributed by atoms with E-state index in [2.05, 4.69) is 15.0 Å². The van der Waals surface area contributed by atoms with E-state index in [0.29, 0.717) is 37.5 Å². The number of anilines is 1. The number of aromatic nitrogens is 4. The maximum Gasteiger partial charge on any atom is 0.320 e. The molecule has 130 valence electrons. The summed E-state index contributed by atoms with van der Waals surface area (Å²) in [6.07, 6.45) is 0. The van der Waals surface area contributed by atoms with Gasteiger partial charge in [-0.1, -0.05) is 12.1 Å². The van der Waals surface area contributed by atoms with E-state index in [1.807, 2.05) is 24.3 Å². The number of nitrogen functional groups attached to an aromatic ring is 1. The molecule has 9 nitrogen and oxygen atoms in total. The quantitative estimate of drug-likeness (QED) is 0.619. The highest BCUT2D eigenvalue weighted by Crippen LogP contribution is 2.26. The molecule has 0 aliphatic carbocycles. The summed E-state index contributed by atoms with van der Waals surface area (Å²) in [5, 5.41) is 10.2. The van der Waals surface area contributed by atoms with Gasteiger partial charge in [0.1, 0.15) is 19.0 Å². The van der Waals surface area contributed by atoms with Gasteiger partial charge >= 0.3 is 6.01 Å². The van der Waals surface area contributed by atoms with Crippen molar-refractivity contribution in [2.24, 2.45) is 0 Å². The molecule has 0 saturated carbocycles. The van der Waals surface area contributed by atoms with Crippen molar-refractivity contribution < 1.29 is 19.3 Å². The first kappa shape index (κ1) is 15.5. The minimum absolute atomic E-state index is 0.120. The van der Waals surface area contributed by atoms with Crippen LogP contribution in [-0.2, 0) is 11.3 Å². The van der Waals surface area contributed by atoms with Crippen LogP contribution < -0.4 is 15.2 Å². The Morgan fingerprint density at radius 2 is 1.88 bits per heavy atom. The van der Waals surface area contributed by atoms with Gasteiger partial charge in [0, 0.05) is 0 Å². The summed E-state index contributed by atoms with van der Waals surface area (Å²) in [4.78, 5) is 12.5. The molecule has 0 fully saturated rings. The smallest absolute Gasteiger partial charge is 0.320 e. The van der Waals surface area contributed by atoms with Crippen LogP contribution in [0.3, 0.4) is 0 Å². The summed E-state index contributed by atoms with van der Waals surface area (Å²) in [5.41, 5.74) is 7.58. The Bertz CT molecular complexity index is 911. The Balaban J connectivity index is 1.80. The molecule has 0 saturated heterocycles. The van der Waals surface area contributed by atoms with E-state index >= 15 is 0 Å². The highest BCUT2D eigenvalue weighted by molar-refractivity contribution is 5.83. The molecule has 1 aliphatic rings. The first-order valence-corrected chi connectivity index (χ1v) is 7.86. The first-order chi connectivity index (χ1) is 12.2. The highest BCUT2D eigenvalue weighted by atomic mass is 16.5. The number of hydrogen-bond donors (Lipinski definition) is 2. The van der Waals surface area contributed by atoms with Crippen molar-refractivity contribution in [2.45, 2.75) is 6.54 Å². The lowest BCUT2D eigenvalue weighted by Gasteiger charge is -2.09. The van der Waals surface area contributed by atoms with Crippen molar-refractivity contribution in [1.29, 1.82) is 0 Å². The lowest BCUT2D eigenvalue weighted by molar-refractivity contribution is 0.0742. The number of nitrogens with zero attached hydrogens (tertiary/aromatic N) is 4. The molecule has 0 amide bonds. The van der Waals surface area contributed by atoms with Crippen molar-refractivity contribution in [2.75, 3.05) is 32.2 Å². The fraction of sp³-hybridized carbons (Fsp3) is 0.312. The van der Waals surface area contributed by atoms with Crippen LogP contribution in [0.1, 0.15) is 5.56 Å². The van der Waals surface area contributed by atoms with Crippen LogP contribution in [0.15, 0.2) is 24.3 Å². The average molecular weight is 343 g/mol. The van der Waals surface area contributed by atoms with Crippen molar-refractivity contribution >= 4 is 17.0 Å². The number of hydrogen-bond acceptors (Lipinski definition) is 8. The zero-order chi connectivity index (χ0) is 17.2. The maximum atomic E-state index is 10.2. The second-order valence-corrected chi connectivity index (χ2v) is 5.52. The third-order valence-corrected chi connectivity index (χ3v) is 3.78. The molecule has 3 heterocycles. The summed E-state index contributed by atoms with van der Waals surface area (Å²) < 4.78 is 18.2. The van der Waals surface area contributed by atoms with E-state index in [-0.39, 0.29) is 24.4 Å². The zero-order valence-corrected chi connectivity index (χ0v) is 13.4. The number of imidazole rings is 1. The lowest BCUT2D eigenvalue weighted by atomic mass is 10.2. The Morgan fingerprint density at radius 1 is 1.04 bits per heavy atom. The van der Waals surface area contributed by atoms with Crippen molar-refractivity contribution in [1.82, 2.24) is 19.5 Å². The molecule has 1 aromatic carbocycles. The number of aromatic hydroxyl groups is 1. The Morgan fingerprint density at radius 3 is 2.76 bits per heavy atom. The Labute approximate surface area is 143 Å². The van der Waals surface area contributed by atoms with Gasteiger partial charge in [-0.3, -0.25) is 4.57 Å². The van der Waals surface area contributed by atoms with E-state index in [4.69, 9.17) is 19.9 Å². The summed E-state index contributed by atoms with van der Waals surface area (Å²) in [6, 6.07) is 7.51. The first-order valence-electron chi connectivity index (χ1n) is 7.86. The molecule has 25 heavy (non-hydrogen) atoms. The van der Waals surface area contributed by atoms with E-state index in [0.717, 1.165) is 11.3 Å². The largest absolute Gasteiger partial charge is 0.491 e. The molecular weight excluding hydrogens is 326 g/mol. The third-order valence-electron chi connectivity index (χ3n) is 3.78. The third kappa shape index (κ3) is 3.13. The van der Waals surface area contributed by atoms with E-state index in [1.54, 1.807) is 4.57 Å². The molecular formula is C16H17N5O4. The second-order valence-electron chi connectivity index (χ2n) is 5.52. The average Bonchev–Trinajstić information content (AvgIpc) is 2.90. The molecule has 0 spiro atoms. The SMILES string of the molecule is Nc1nc2nc3c1nc(O)n3Cc1cccc(c1)OCCOCCO2. The van der Waals surface area contributed by atoms with Crippen LogP contribution in [-0.4, -0.2) is 51.1 Å². The monoisotopic (exact) mass is 343 g/mol. The second kappa shape index (κ2) is 6.44. The van der Waals surface area contributed by atoms with Crippen molar-refractivity contribution in [3.8, 4) is 17.8 Å². The van der Waals surface area contributed by atoms with E-state index < -0.39 is 0 Å². The molecule has 4 bridgehead atoms. The van der Waals surface area contributed by atoms with E-state index in [1.165, 1.54) is 0 Å². The van der Waals surface area contributed by atoms with Crippen molar-refractivity contribution in [3.63, 3.8) is 0 Å². The van der Waals surface area contributed by atoms with Gasteiger partial charge in [0.2, 0.25) is 0 Å². The fourth-order valence-corrected chi connectivity index (χ4v) is 2.63. The van der Waals surface area contributed by atoms with Gasteiger partial charge in [-0.15, -0.1) is 0 Å². The van der Waals surface area contributed by atoms with Gasteiger partial charge in [-0.25, -0.2) is 0 Å². The Kier molecular flexibility index (Phi) is 3.98. The van der Waals surface area contributed by atoms with Crippen LogP contribution in [0.5, 0.6) is 17.8 Å². The topological polar surface area (TPSA) is 118 Å². The molecule has 0 unspecified atom stereocenters. The zero-order valence-electron chi connectivity index (χ0n) is 13.4. The van der Waals surface area contributed by atoms with E-state index in [9.17, 15) is 5.11 Å². The highest BCUT2D eigenvalue weighted by Gasteiger charge is 2.17. The molecule has 0 atom stereocenters. The van der Waals surface area contributed by atoms with Gasteiger partial charge in [0.25, 0.3) is 6.01 Å². The molecule has 0 radical (unpaired) electrons. The van der Waals surface area contributed by atoms with Crippen LogP contribution in [0, 0.1) is 0 Å². The minimum atomic E-state index is -0.188. The summed E-state index contributed by atoms with van der Waals surface area (Å²) in [6.45, 7) is 1.88. The van der Waals surface area contributed by atoms with Gasteiger partial charge in [-0.2, -0.15) is 15.0 Å². The molecule has 3 aromatic rings.